The summed E-state index contributed by atoms with van der Waals surface area (Å²) in [6.45, 7) is 0. The van der Waals surface area contributed by atoms with E-state index in [1.165, 1.54) is 6.07 Å². The quantitative estimate of drug-likeness (QED) is 0.772. The minimum Gasteiger partial charge on any atom is -0.481 e. The van der Waals surface area contributed by atoms with Crippen molar-refractivity contribution in [3.8, 4) is 0 Å². The van der Waals surface area contributed by atoms with Gasteiger partial charge in [0.05, 0.1) is 6.42 Å². The highest BCUT2D eigenvalue weighted by Gasteiger charge is 2.12. The Morgan fingerprint density at radius 2 is 2.21 bits per heavy atom. The number of nitrogens with zero attached hydrogens (tertiary/aromatic N) is 1. The van der Waals surface area contributed by atoms with Crippen LogP contribution in [-0.4, -0.2) is 16.1 Å². The van der Waals surface area contributed by atoms with Gasteiger partial charge in [0.2, 0.25) is 0 Å². The number of nitrogens with two attached hydrogens (primary N) is 1. The molecular weight excluding hydrogens is 194 g/mol. The van der Waals surface area contributed by atoms with Gasteiger partial charge in [-0.05, 0) is 17.7 Å². The molecule has 0 unspecified atom stereocenters. The second-order valence-electron chi connectivity index (χ2n) is 2.70. The fraction of sp³-hybridized carbons (Fsp3) is 0.250. The number of hydrogen-bond acceptors (Lipinski definition) is 3. The molecule has 1 aromatic heterocycles. The summed E-state index contributed by atoms with van der Waals surface area (Å²) < 4.78 is 24.4. The fourth-order valence-electron chi connectivity index (χ4n) is 1.02. The summed E-state index contributed by atoms with van der Waals surface area (Å²) in [6.07, 6.45) is -3.09. The molecule has 0 fully saturated rings. The number of carboxylic acids is 1. The van der Waals surface area contributed by atoms with Crippen LogP contribution >= 0.6 is 0 Å². The van der Waals surface area contributed by atoms with Crippen molar-refractivity contribution in [2.75, 3.05) is 5.73 Å². The Bertz CT molecular complexity index is 355. The number of anilines is 1. The Labute approximate surface area is 78.4 Å². The van der Waals surface area contributed by atoms with Crippen LogP contribution in [0.4, 0.5) is 14.6 Å². The number of pyridine rings is 1. The minimum atomic E-state index is -2.74. The smallest absolute Gasteiger partial charge is 0.307 e. The van der Waals surface area contributed by atoms with E-state index in [1.54, 1.807) is 0 Å². The molecule has 0 atom stereocenters. The van der Waals surface area contributed by atoms with Gasteiger partial charge in [0.1, 0.15) is 11.5 Å². The first-order valence-corrected chi connectivity index (χ1v) is 3.75. The largest absolute Gasteiger partial charge is 0.481 e. The van der Waals surface area contributed by atoms with Gasteiger partial charge in [0.15, 0.2) is 0 Å². The van der Waals surface area contributed by atoms with Crippen LogP contribution in [0, 0.1) is 0 Å². The van der Waals surface area contributed by atoms with Gasteiger partial charge in [-0.15, -0.1) is 0 Å². The fourth-order valence-corrected chi connectivity index (χ4v) is 1.02. The van der Waals surface area contributed by atoms with Gasteiger partial charge in [0.25, 0.3) is 6.43 Å². The molecule has 0 spiro atoms. The van der Waals surface area contributed by atoms with Crippen LogP contribution in [0.15, 0.2) is 12.1 Å². The van der Waals surface area contributed by atoms with E-state index in [1.807, 2.05) is 0 Å². The van der Waals surface area contributed by atoms with Crippen LogP contribution < -0.4 is 5.73 Å². The molecule has 0 saturated carbocycles. The number of carbonyl (C=O) groups is 1. The molecule has 76 valence electrons. The van der Waals surface area contributed by atoms with Crippen LogP contribution in [0.3, 0.4) is 0 Å². The predicted molar refractivity (Wildman–Crippen MR) is 44.9 cm³/mol. The van der Waals surface area contributed by atoms with Crippen molar-refractivity contribution < 1.29 is 18.7 Å². The monoisotopic (exact) mass is 202 g/mol. The highest BCUT2D eigenvalue weighted by molar-refractivity contribution is 5.70. The SMILES string of the molecule is Nc1cc(CC(=O)O)cc(C(F)F)n1. The summed E-state index contributed by atoms with van der Waals surface area (Å²) in [4.78, 5) is 13.7. The van der Waals surface area contributed by atoms with Gasteiger partial charge in [-0.2, -0.15) is 0 Å². The number of hydrogen-bond donors (Lipinski definition) is 2. The van der Waals surface area contributed by atoms with E-state index in [0.29, 0.717) is 0 Å². The lowest BCUT2D eigenvalue weighted by Gasteiger charge is -2.03. The van der Waals surface area contributed by atoms with Crippen LogP contribution in [0.5, 0.6) is 0 Å². The van der Waals surface area contributed by atoms with Gasteiger partial charge < -0.3 is 10.8 Å². The average molecular weight is 202 g/mol. The highest BCUT2D eigenvalue weighted by atomic mass is 19.3. The Balaban J connectivity index is 3.01. The van der Waals surface area contributed by atoms with Gasteiger partial charge in [0, 0.05) is 0 Å². The zero-order chi connectivity index (χ0) is 10.7. The molecule has 1 aromatic rings. The van der Waals surface area contributed by atoms with Crippen molar-refractivity contribution in [3.05, 3.63) is 23.4 Å². The van der Waals surface area contributed by atoms with Crippen molar-refractivity contribution >= 4 is 11.8 Å². The Morgan fingerprint density at radius 1 is 1.57 bits per heavy atom. The normalized spacial score (nSPS) is 10.5. The molecule has 0 aliphatic heterocycles. The number of rotatable bonds is 3. The summed E-state index contributed by atoms with van der Waals surface area (Å²) in [5.74, 6) is -1.20. The molecular formula is C8H8F2N2O2. The molecule has 0 amide bonds. The van der Waals surface area contributed by atoms with Crippen LogP contribution in [-0.2, 0) is 11.2 Å². The van der Waals surface area contributed by atoms with E-state index in [4.69, 9.17) is 10.8 Å². The Kier molecular flexibility index (Phi) is 2.95. The molecule has 0 saturated heterocycles. The molecule has 1 heterocycles. The van der Waals surface area contributed by atoms with E-state index >= 15 is 0 Å². The van der Waals surface area contributed by atoms with E-state index in [-0.39, 0.29) is 17.8 Å². The third-order valence-electron chi connectivity index (χ3n) is 1.50. The van der Waals surface area contributed by atoms with Gasteiger partial charge in [-0.3, -0.25) is 4.79 Å². The van der Waals surface area contributed by atoms with Crippen LogP contribution in [0.1, 0.15) is 17.7 Å². The lowest BCUT2D eigenvalue weighted by molar-refractivity contribution is -0.136. The number of carboxylic acid groups (broad SMARTS) is 1. The Hall–Kier alpha value is -1.72. The maximum absolute atomic E-state index is 12.2. The first kappa shape index (κ1) is 10.4. The molecule has 4 nitrogen and oxygen atoms in total. The molecule has 0 bridgehead atoms. The van der Waals surface area contributed by atoms with E-state index in [2.05, 4.69) is 4.98 Å². The lowest BCUT2D eigenvalue weighted by atomic mass is 10.1. The molecule has 0 aromatic carbocycles. The zero-order valence-corrected chi connectivity index (χ0v) is 7.08. The van der Waals surface area contributed by atoms with E-state index < -0.39 is 18.1 Å². The van der Waals surface area contributed by atoms with Crippen molar-refractivity contribution in [2.45, 2.75) is 12.8 Å². The maximum Gasteiger partial charge on any atom is 0.307 e. The predicted octanol–water partition coefficient (Wildman–Crippen LogP) is 1.23. The van der Waals surface area contributed by atoms with Crippen molar-refractivity contribution in [3.63, 3.8) is 0 Å². The standard InChI is InChI=1S/C8H8F2N2O2/c9-8(10)5-1-4(3-7(13)14)2-6(11)12-5/h1-2,8H,3H2,(H2,11,12)(H,13,14). The van der Waals surface area contributed by atoms with Gasteiger partial charge in [-0.1, -0.05) is 0 Å². The third kappa shape index (κ3) is 2.65. The van der Waals surface area contributed by atoms with Crippen LogP contribution in [0.2, 0.25) is 0 Å². The number of aliphatic carboxylic acids is 1. The second kappa shape index (κ2) is 3.99. The maximum atomic E-state index is 12.2. The number of halogens is 2. The molecule has 3 N–H and O–H groups in total. The topological polar surface area (TPSA) is 76.2 Å². The summed E-state index contributed by atoms with van der Waals surface area (Å²) in [7, 11) is 0. The summed E-state index contributed by atoms with van der Waals surface area (Å²) >= 11 is 0. The lowest BCUT2D eigenvalue weighted by Crippen LogP contribution is -2.04. The van der Waals surface area contributed by atoms with Crippen LogP contribution in [0.25, 0.3) is 0 Å². The first-order chi connectivity index (χ1) is 6.49. The number of alkyl halides is 2. The minimum absolute atomic E-state index is 0.0981. The highest BCUT2D eigenvalue weighted by Crippen LogP contribution is 2.19. The average Bonchev–Trinajstić information content (AvgIpc) is 2.01. The molecule has 0 aliphatic carbocycles. The zero-order valence-electron chi connectivity index (χ0n) is 7.08. The van der Waals surface area contributed by atoms with Crippen molar-refractivity contribution in [2.24, 2.45) is 0 Å². The van der Waals surface area contributed by atoms with Gasteiger partial charge in [-0.25, -0.2) is 13.8 Å². The number of nitrogen functional groups attached to an aromatic ring is 1. The van der Waals surface area contributed by atoms with Crippen molar-refractivity contribution in [1.82, 2.24) is 4.98 Å². The molecule has 0 aliphatic rings. The summed E-state index contributed by atoms with van der Waals surface area (Å²) in [5.41, 5.74) is 4.96. The first-order valence-electron chi connectivity index (χ1n) is 3.75. The third-order valence-corrected chi connectivity index (χ3v) is 1.50. The molecule has 6 heteroatoms. The molecule has 0 radical (unpaired) electrons. The molecule has 14 heavy (non-hydrogen) atoms. The summed E-state index contributed by atoms with van der Waals surface area (Å²) in [6, 6.07) is 2.30. The number of aromatic nitrogens is 1. The Morgan fingerprint density at radius 3 is 2.71 bits per heavy atom. The van der Waals surface area contributed by atoms with E-state index in [0.717, 1.165) is 6.07 Å². The van der Waals surface area contributed by atoms with Crippen molar-refractivity contribution in [1.29, 1.82) is 0 Å². The van der Waals surface area contributed by atoms with E-state index in [9.17, 15) is 13.6 Å². The van der Waals surface area contributed by atoms with Gasteiger partial charge >= 0.3 is 5.97 Å². The second-order valence-corrected chi connectivity index (χ2v) is 2.70. The molecule has 1 rings (SSSR count). The summed E-state index contributed by atoms with van der Waals surface area (Å²) in [5, 5.41) is 8.44.